The van der Waals surface area contributed by atoms with Gasteiger partial charge in [-0.05, 0) is 32.9 Å². The molecule has 1 saturated heterocycles. The number of carboxylic acids is 1. The molecule has 0 aromatic heterocycles. The van der Waals surface area contributed by atoms with Crippen LogP contribution in [-0.4, -0.2) is 103 Å². The summed E-state index contributed by atoms with van der Waals surface area (Å²) >= 11 is 0. The lowest BCUT2D eigenvalue weighted by atomic mass is 9.85. The fourth-order valence-electron chi connectivity index (χ4n) is 3.77. The summed E-state index contributed by atoms with van der Waals surface area (Å²) in [5.74, 6) is -0.802. The SMILES string of the molecule is CCN(CC(=O)O)C1CC(NC(=O)N(C)C[C@@H]2C[C@H](OC)CN2C)C1. The van der Waals surface area contributed by atoms with Crippen molar-refractivity contribution in [2.45, 2.75) is 50.4 Å². The zero-order valence-electron chi connectivity index (χ0n) is 15.8. The molecule has 1 aliphatic heterocycles. The van der Waals surface area contributed by atoms with Crippen LogP contribution in [0.2, 0.25) is 0 Å². The Balaban J connectivity index is 1.71. The fourth-order valence-corrected chi connectivity index (χ4v) is 3.77. The lowest BCUT2D eigenvalue weighted by molar-refractivity contribution is -0.139. The highest BCUT2D eigenvalue weighted by atomic mass is 16.5. The van der Waals surface area contributed by atoms with Crippen LogP contribution >= 0.6 is 0 Å². The second-order valence-electron chi connectivity index (χ2n) is 7.30. The van der Waals surface area contributed by atoms with E-state index in [1.54, 1.807) is 12.0 Å². The molecule has 2 N–H and O–H groups in total. The minimum Gasteiger partial charge on any atom is -0.480 e. The normalized spacial score (nSPS) is 29.5. The van der Waals surface area contributed by atoms with E-state index in [9.17, 15) is 9.59 Å². The van der Waals surface area contributed by atoms with E-state index in [1.165, 1.54) is 0 Å². The van der Waals surface area contributed by atoms with Crippen molar-refractivity contribution in [3.63, 3.8) is 0 Å². The number of likely N-dealkylation sites (N-methyl/N-ethyl adjacent to an activating group) is 3. The molecule has 1 aliphatic carbocycles. The third-order valence-electron chi connectivity index (χ3n) is 5.52. The number of nitrogens with zero attached hydrogens (tertiary/aromatic N) is 3. The minimum atomic E-state index is -0.802. The van der Waals surface area contributed by atoms with Gasteiger partial charge in [0, 0.05) is 45.4 Å². The highest BCUT2D eigenvalue weighted by Crippen LogP contribution is 2.26. The van der Waals surface area contributed by atoms with Gasteiger partial charge in [0.05, 0.1) is 12.6 Å². The molecule has 8 heteroatoms. The number of carbonyl (C=O) groups is 2. The molecule has 0 bridgehead atoms. The van der Waals surface area contributed by atoms with Crippen molar-refractivity contribution in [2.24, 2.45) is 0 Å². The number of rotatable bonds is 8. The van der Waals surface area contributed by atoms with E-state index in [4.69, 9.17) is 9.84 Å². The summed E-state index contributed by atoms with van der Waals surface area (Å²) in [6.07, 6.45) is 2.82. The number of urea groups is 1. The van der Waals surface area contributed by atoms with Crippen molar-refractivity contribution in [1.29, 1.82) is 0 Å². The van der Waals surface area contributed by atoms with Gasteiger partial charge in [-0.25, -0.2) is 4.79 Å². The third kappa shape index (κ3) is 5.29. The summed E-state index contributed by atoms with van der Waals surface area (Å²) in [6, 6.07) is 0.649. The molecule has 2 aliphatic rings. The minimum absolute atomic E-state index is 0.0565. The number of aliphatic carboxylic acids is 1. The van der Waals surface area contributed by atoms with Crippen LogP contribution in [0.3, 0.4) is 0 Å². The molecule has 0 radical (unpaired) electrons. The Kier molecular flexibility index (Phi) is 7.04. The Morgan fingerprint density at radius 2 is 2.00 bits per heavy atom. The number of hydrogen-bond acceptors (Lipinski definition) is 5. The summed E-state index contributed by atoms with van der Waals surface area (Å²) in [6.45, 7) is 4.33. The molecular formula is C17H32N4O4. The summed E-state index contributed by atoms with van der Waals surface area (Å²) in [5.41, 5.74) is 0. The lowest BCUT2D eigenvalue weighted by Crippen LogP contribution is -2.57. The van der Waals surface area contributed by atoms with Gasteiger partial charge in [-0.2, -0.15) is 0 Å². The van der Waals surface area contributed by atoms with Gasteiger partial charge in [0.2, 0.25) is 0 Å². The molecule has 2 rings (SSSR count). The second kappa shape index (κ2) is 8.82. The fraction of sp³-hybridized carbons (Fsp3) is 0.882. The number of methoxy groups -OCH3 is 1. The summed E-state index contributed by atoms with van der Waals surface area (Å²) in [4.78, 5) is 29.2. The number of ether oxygens (including phenoxy) is 1. The topological polar surface area (TPSA) is 85.4 Å². The van der Waals surface area contributed by atoms with Crippen molar-refractivity contribution in [1.82, 2.24) is 20.0 Å². The van der Waals surface area contributed by atoms with E-state index in [-0.39, 0.29) is 30.8 Å². The molecule has 0 unspecified atom stereocenters. The zero-order chi connectivity index (χ0) is 18.6. The number of amides is 2. The average Bonchev–Trinajstić information content (AvgIpc) is 2.88. The van der Waals surface area contributed by atoms with Gasteiger partial charge in [0.25, 0.3) is 0 Å². The van der Waals surface area contributed by atoms with Crippen LogP contribution in [0, 0.1) is 0 Å². The monoisotopic (exact) mass is 356 g/mol. The molecule has 2 amide bonds. The number of likely N-dealkylation sites (tertiary alicyclic amines) is 1. The second-order valence-corrected chi connectivity index (χ2v) is 7.30. The Morgan fingerprint density at radius 1 is 1.32 bits per heavy atom. The molecule has 144 valence electrons. The highest BCUT2D eigenvalue weighted by molar-refractivity contribution is 5.74. The van der Waals surface area contributed by atoms with Crippen molar-refractivity contribution in [2.75, 3.05) is 47.4 Å². The Labute approximate surface area is 150 Å². The molecule has 1 heterocycles. The average molecular weight is 356 g/mol. The van der Waals surface area contributed by atoms with Gasteiger partial charge in [-0.1, -0.05) is 6.92 Å². The van der Waals surface area contributed by atoms with Gasteiger partial charge in [-0.3, -0.25) is 14.6 Å². The van der Waals surface area contributed by atoms with Crippen molar-refractivity contribution < 1.29 is 19.4 Å². The van der Waals surface area contributed by atoms with Gasteiger partial charge >= 0.3 is 12.0 Å². The highest BCUT2D eigenvalue weighted by Gasteiger charge is 2.36. The van der Waals surface area contributed by atoms with E-state index in [0.29, 0.717) is 19.1 Å². The van der Waals surface area contributed by atoms with Crippen molar-refractivity contribution in [3.05, 3.63) is 0 Å². The first-order valence-electron chi connectivity index (χ1n) is 9.04. The maximum absolute atomic E-state index is 12.4. The number of carbonyl (C=O) groups excluding carboxylic acids is 1. The lowest BCUT2D eigenvalue weighted by Gasteiger charge is -2.42. The van der Waals surface area contributed by atoms with Crippen molar-refractivity contribution in [3.8, 4) is 0 Å². The van der Waals surface area contributed by atoms with Crippen LogP contribution in [0.1, 0.15) is 26.2 Å². The maximum Gasteiger partial charge on any atom is 0.317 e. The summed E-state index contributed by atoms with van der Waals surface area (Å²) in [7, 11) is 5.62. The van der Waals surface area contributed by atoms with Crippen LogP contribution in [-0.2, 0) is 9.53 Å². The molecule has 0 spiro atoms. The Bertz CT molecular complexity index is 470. The van der Waals surface area contributed by atoms with Crippen molar-refractivity contribution >= 4 is 12.0 Å². The first-order chi connectivity index (χ1) is 11.8. The molecular weight excluding hydrogens is 324 g/mol. The first-order valence-corrected chi connectivity index (χ1v) is 9.04. The molecule has 0 aromatic carbocycles. The van der Waals surface area contributed by atoms with E-state index < -0.39 is 5.97 Å². The molecule has 0 aromatic rings. The molecule has 1 saturated carbocycles. The smallest absolute Gasteiger partial charge is 0.317 e. The number of carboxylic acid groups (broad SMARTS) is 1. The van der Waals surface area contributed by atoms with Crippen LogP contribution < -0.4 is 5.32 Å². The van der Waals surface area contributed by atoms with Crippen LogP contribution in [0.15, 0.2) is 0 Å². The van der Waals surface area contributed by atoms with Gasteiger partial charge in [0.15, 0.2) is 0 Å². The van der Waals surface area contributed by atoms with Crippen LogP contribution in [0.25, 0.3) is 0 Å². The van der Waals surface area contributed by atoms with Crippen LogP contribution in [0.4, 0.5) is 4.79 Å². The quantitative estimate of drug-likeness (QED) is 0.650. The predicted octanol–water partition coefficient (Wildman–Crippen LogP) is 0.284. The summed E-state index contributed by atoms with van der Waals surface area (Å²) in [5, 5.41) is 12.0. The predicted molar refractivity (Wildman–Crippen MR) is 94.7 cm³/mol. The maximum atomic E-state index is 12.4. The van der Waals surface area contributed by atoms with Gasteiger partial charge in [0.1, 0.15) is 0 Å². The van der Waals surface area contributed by atoms with Gasteiger partial charge < -0.3 is 20.1 Å². The van der Waals surface area contributed by atoms with E-state index in [1.807, 2.05) is 18.9 Å². The number of nitrogens with one attached hydrogen (secondary N) is 1. The molecule has 25 heavy (non-hydrogen) atoms. The third-order valence-corrected chi connectivity index (χ3v) is 5.52. The van der Waals surface area contributed by atoms with E-state index in [2.05, 4.69) is 17.3 Å². The Hall–Kier alpha value is -1.38. The first kappa shape index (κ1) is 19.9. The molecule has 8 nitrogen and oxygen atoms in total. The van der Waals surface area contributed by atoms with Gasteiger partial charge in [-0.15, -0.1) is 0 Å². The number of hydrogen-bond donors (Lipinski definition) is 2. The van der Waals surface area contributed by atoms with Crippen LogP contribution in [0.5, 0.6) is 0 Å². The summed E-state index contributed by atoms with van der Waals surface area (Å²) < 4.78 is 5.41. The zero-order valence-corrected chi connectivity index (χ0v) is 15.8. The van der Waals surface area contributed by atoms with E-state index >= 15 is 0 Å². The largest absolute Gasteiger partial charge is 0.480 e. The standard InChI is InChI=1S/C17H32N4O4/c1-5-21(11-16(22)23)13-6-12(7-13)18-17(24)20(3)9-14-8-15(25-4)10-19(14)2/h12-15H,5-11H2,1-4H3,(H,18,24)(H,22,23)/t12?,13?,14-,15-/m0/s1. The Morgan fingerprint density at radius 3 is 2.52 bits per heavy atom. The molecule has 2 atom stereocenters. The van der Waals surface area contributed by atoms with E-state index in [0.717, 1.165) is 25.8 Å². The molecule has 2 fully saturated rings.